The van der Waals surface area contributed by atoms with E-state index in [9.17, 15) is 0 Å². The Balaban J connectivity index is 2.11. The van der Waals surface area contributed by atoms with Crippen LogP contribution in [0.3, 0.4) is 0 Å². The molecule has 96 valence electrons. The Labute approximate surface area is 110 Å². The number of pyridine rings is 1. The number of nitrogens with two attached hydrogens (primary N) is 1. The average Bonchev–Trinajstić information content (AvgIpc) is 2.76. The van der Waals surface area contributed by atoms with Gasteiger partial charge in [-0.1, -0.05) is 12.1 Å². The molecule has 2 heterocycles. The number of ether oxygens (including phenoxy) is 1. The van der Waals surface area contributed by atoms with E-state index >= 15 is 0 Å². The number of para-hydroxylation sites is 1. The number of aromatic nitrogens is 3. The molecule has 2 aromatic heterocycles. The Morgan fingerprint density at radius 3 is 2.84 bits per heavy atom. The Morgan fingerprint density at radius 2 is 2.11 bits per heavy atom. The summed E-state index contributed by atoms with van der Waals surface area (Å²) >= 11 is 0. The lowest BCUT2D eigenvalue weighted by Gasteiger charge is -2.06. The molecule has 0 amide bonds. The van der Waals surface area contributed by atoms with Gasteiger partial charge in [0, 0.05) is 6.20 Å². The van der Waals surface area contributed by atoms with Gasteiger partial charge in [-0.15, -0.1) is 0 Å². The third-order valence-electron chi connectivity index (χ3n) is 3.04. The number of hydrogen-bond acceptors (Lipinski definition) is 4. The highest BCUT2D eigenvalue weighted by Crippen LogP contribution is 2.27. The van der Waals surface area contributed by atoms with E-state index in [0.29, 0.717) is 12.5 Å². The van der Waals surface area contributed by atoms with Crippen molar-refractivity contribution >= 4 is 17.0 Å². The van der Waals surface area contributed by atoms with E-state index in [1.54, 1.807) is 13.3 Å². The summed E-state index contributed by atoms with van der Waals surface area (Å²) in [5.74, 6) is 1.19. The van der Waals surface area contributed by atoms with Crippen LogP contribution in [0.2, 0.25) is 0 Å². The molecule has 0 atom stereocenters. The molecule has 0 aliphatic heterocycles. The maximum atomic E-state index is 5.99. The van der Waals surface area contributed by atoms with Crippen molar-refractivity contribution in [2.45, 2.75) is 6.54 Å². The normalized spacial score (nSPS) is 10.8. The highest BCUT2D eigenvalue weighted by Gasteiger charge is 2.12. The molecule has 0 bridgehead atoms. The molecule has 5 heteroatoms. The number of benzene rings is 1. The van der Waals surface area contributed by atoms with Crippen molar-refractivity contribution in [2.75, 3.05) is 12.8 Å². The number of nitrogens with zero attached hydrogens (tertiary/aromatic N) is 3. The quantitative estimate of drug-likeness (QED) is 0.777. The average molecular weight is 254 g/mol. The fourth-order valence-electron chi connectivity index (χ4n) is 2.12. The number of rotatable bonds is 3. The zero-order chi connectivity index (χ0) is 13.2. The molecule has 0 saturated carbocycles. The highest BCUT2D eigenvalue weighted by molar-refractivity contribution is 5.84. The Bertz CT molecular complexity index is 706. The summed E-state index contributed by atoms with van der Waals surface area (Å²) in [5, 5.41) is 0. The van der Waals surface area contributed by atoms with Crippen LogP contribution in [-0.2, 0) is 6.54 Å². The molecule has 0 unspecified atom stereocenters. The van der Waals surface area contributed by atoms with Crippen molar-refractivity contribution < 1.29 is 4.74 Å². The van der Waals surface area contributed by atoms with Gasteiger partial charge in [0.15, 0.2) is 0 Å². The lowest BCUT2D eigenvalue weighted by atomic mass is 10.3. The highest BCUT2D eigenvalue weighted by atomic mass is 16.5. The van der Waals surface area contributed by atoms with E-state index in [1.165, 1.54) is 0 Å². The monoisotopic (exact) mass is 254 g/mol. The second-order valence-electron chi connectivity index (χ2n) is 4.21. The number of fused-ring (bicyclic) bond motifs is 1. The molecule has 0 saturated heterocycles. The molecule has 3 aromatic rings. The van der Waals surface area contributed by atoms with Crippen LogP contribution in [0, 0.1) is 0 Å². The van der Waals surface area contributed by atoms with E-state index < -0.39 is 0 Å². The lowest BCUT2D eigenvalue weighted by Crippen LogP contribution is -2.05. The van der Waals surface area contributed by atoms with Gasteiger partial charge < -0.3 is 15.0 Å². The maximum absolute atomic E-state index is 5.99. The van der Waals surface area contributed by atoms with Crippen molar-refractivity contribution in [3.63, 3.8) is 0 Å². The van der Waals surface area contributed by atoms with E-state index in [2.05, 4.69) is 9.97 Å². The van der Waals surface area contributed by atoms with Crippen molar-refractivity contribution in [2.24, 2.45) is 0 Å². The first-order valence-electron chi connectivity index (χ1n) is 5.98. The second-order valence-corrected chi connectivity index (χ2v) is 4.21. The molecule has 0 spiro atoms. The predicted molar refractivity (Wildman–Crippen MR) is 74.0 cm³/mol. The molecule has 19 heavy (non-hydrogen) atoms. The van der Waals surface area contributed by atoms with Crippen LogP contribution in [0.15, 0.2) is 42.6 Å². The first-order valence-corrected chi connectivity index (χ1v) is 5.98. The summed E-state index contributed by atoms with van der Waals surface area (Å²) in [4.78, 5) is 8.68. The van der Waals surface area contributed by atoms with E-state index in [0.717, 1.165) is 22.5 Å². The van der Waals surface area contributed by atoms with Crippen molar-refractivity contribution in [1.29, 1.82) is 0 Å². The van der Waals surface area contributed by atoms with Crippen LogP contribution in [-0.4, -0.2) is 21.6 Å². The molecular weight excluding hydrogens is 240 g/mol. The molecule has 5 nitrogen and oxygen atoms in total. The van der Waals surface area contributed by atoms with Crippen molar-refractivity contribution in [3.8, 4) is 5.75 Å². The molecule has 0 radical (unpaired) electrons. The molecule has 2 N–H and O–H groups in total. The number of hydrogen-bond donors (Lipinski definition) is 1. The van der Waals surface area contributed by atoms with Crippen LogP contribution < -0.4 is 10.5 Å². The third-order valence-corrected chi connectivity index (χ3v) is 3.04. The third kappa shape index (κ3) is 1.99. The fourth-order valence-corrected chi connectivity index (χ4v) is 2.12. The van der Waals surface area contributed by atoms with E-state index in [4.69, 9.17) is 10.5 Å². The molecule has 0 aliphatic rings. The summed E-state index contributed by atoms with van der Waals surface area (Å²) in [5.41, 5.74) is 8.66. The minimum atomic E-state index is 0.463. The van der Waals surface area contributed by atoms with Gasteiger partial charge in [-0.25, -0.2) is 4.98 Å². The van der Waals surface area contributed by atoms with Gasteiger partial charge in [-0.05, 0) is 24.3 Å². The Kier molecular flexibility index (Phi) is 2.79. The van der Waals surface area contributed by atoms with E-state index in [1.807, 2.05) is 41.0 Å². The van der Waals surface area contributed by atoms with Gasteiger partial charge in [0.2, 0.25) is 5.95 Å². The Morgan fingerprint density at radius 1 is 1.21 bits per heavy atom. The van der Waals surface area contributed by atoms with Crippen molar-refractivity contribution in [3.05, 3.63) is 48.3 Å². The zero-order valence-electron chi connectivity index (χ0n) is 10.6. The molecule has 0 aliphatic carbocycles. The van der Waals surface area contributed by atoms with Crippen LogP contribution in [0.1, 0.15) is 5.69 Å². The summed E-state index contributed by atoms with van der Waals surface area (Å²) in [6.45, 7) is 0.594. The molecule has 0 fully saturated rings. The van der Waals surface area contributed by atoms with Gasteiger partial charge in [0.05, 0.1) is 24.9 Å². The molecule has 3 rings (SSSR count). The number of anilines is 1. The molecular formula is C14H14N4O. The minimum absolute atomic E-state index is 0.463. The molecule has 1 aromatic carbocycles. The fraction of sp³-hybridized carbons (Fsp3) is 0.143. The van der Waals surface area contributed by atoms with Crippen LogP contribution in [0.4, 0.5) is 5.95 Å². The predicted octanol–water partition coefficient (Wildman–Crippen LogP) is 2.07. The first kappa shape index (κ1) is 11.5. The SMILES string of the molecule is COc1cccc2c1nc(N)n2Cc1ccccn1. The lowest BCUT2D eigenvalue weighted by molar-refractivity contribution is 0.419. The van der Waals surface area contributed by atoms with Gasteiger partial charge in [0.1, 0.15) is 11.3 Å². The van der Waals surface area contributed by atoms with Gasteiger partial charge in [0.25, 0.3) is 0 Å². The second kappa shape index (κ2) is 4.61. The number of imidazole rings is 1. The summed E-state index contributed by atoms with van der Waals surface area (Å²) in [7, 11) is 1.63. The van der Waals surface area contributed by atoms with Crippen molar-refractivity contribution in [1.82, 2.24) is 14.5 Å². The smallest absolute Gasteiger partial charge is 0.201 e. The summed E-state index contributed by atoms with van der Waals surface area (Å²) in [6.07, 6.45) is 1.77. The standard InChI is InChI=1S/C14H14N4O/c1-19-12-7-4-6-11-13(12)17-14(15)18(11)9-10-5-2-3-8-16-10/h2-8H,9H2,1H3,(H2,15,17). The van der Waals surface area contributed by atoms with Crippen LogP contribution in [0.5, 0.6) is 5.75 Å². The summed E-state index contributed by atoms with van der Waals surface area (Å²) in [6, 6.07) is 11.6. The largest absolute Gasteiger partial charge is 0.494 e. The van der Waals surface area contributed by atoms with Gasteiger partial charge in [-0.3, -0.25) is 4.98 Å². The maximum Gasteiger partial charge on any atom is 0.201 e. The minimum Gasteiger partial charge on any atom is -0.494 e. The first-order chi connectivity index (χ1) is 9.29. The Hall–Kier alpha value is -2.56. The van der Waals surface area contributed by atoms with Gasteiger partial charge >= 0.3 is 0 Å². The number of nitrogen functional groups attached to an aromatic ring is 1. The van der Waals surface area contributed by atoms with Crippen LogP contribution in [0.25, 0.3) is 11.0 Å². The summed E-state index contributed by atoms with van der Waals surface area (Å²) < 4.78 is 7.23. The van der Waals surface area contributed by atoms with Crippen LogP contribution >= 0.6 is 0 Å². The zero-order valence-corrected chi connectivity index (χ0v) is 10.6. The number of methoxy groups -OCH3 is 1. The topological polar surface area (TPSA) is 66.0 Å². The van der Waals surface area contributed by atoms with Gasteiger partial charge in [-0.2, -0.15) is 0 Å². The van der Waals surface area contributed by atoms with E-state index in [-0.39, 0.29) is 0 Å².